The van der Waals surface area contributed by atoms with Gasteiger partial charge in [-0.15, -0.1) is 0 Å². The van der Waals surface area contributed by atoms with E-state index in [2.05, 4.69) is 16.8 Å². The van der Waals surface area contributed by atoms with Crippen LogP contribution in [0, 0.1) is 10.1 Å². The van der Waals surface area contributed by atoms with E-state index in [9.17, 15) is 14.7 Å². The van der Waals surface area contributed by atoms with Crippen molar-refractivity contribution in [2.24, 2.45) is 0 Å². The van der Waals surface area contributed by atoms with Crippen molar-refractivity contribution in [2.75, 3.05) is 18.3 Å². The lowest BCUT2D eigenvalue weighted by Crippen LogP contribution is -2.41. The summed E-state index contributed by atoms with van der Waals surface area (Å²) in [6.45, 7) is -2.48. The van der Waals surface area contributed by atoms with Crippen molar-refractivity contribution in [1.29, 1.82) is 0 Å². The van der Waals surface area contributed by atoms with Crippen LogP contribution in [0.2, 0.25) is 5.02 Å². The van der Waals surface area contributed by atoms with Crippen molar-refractivity contribution in [3.05, 3.63) is 98.6 Å². The Labute approximate surface area is 189 Å². The number of halogens is 1. The van der Waals surface area contributed by atoms with Gasteiger partial charge in [0.05, 0.1) is 11.0 Å². The second-order valence-corrected chi connectivity index (χ2v) is 12.7. The minimum atomic E-state index is -3.13. The molecule has 0 amide bonds. The topological polar surface area (TPSA) is 66.7 Å². The number of non-ortho nitro benzene ring substituents is 1. The minimum Gasteiger partial charge on any atom is -0.305 e. The van der Waals surface area contributed by atoms with Crippen LogP contribution in [-0.4, -0.2) is 23.2 Å². The normalized spacial score (nSPS) is 22.4. The van der Waals surface area contributed by atoms with Gasteiger partial charge in [-0.2, -0.15) is 0 Å². The molecule has 0 N–H and O–H groups in total. The summed E-state index contributed by atoms with van der Waals surface area (Å²) in [6.07, 6.45) is 0.807. The second kappa shape index (κ2) is 7.68. The van der Waals surface area contributed by atoms with Gasteiger partial charge in [-0.1, -0.05) is 35.9 Å². The molecule has 5 rings (SSSR count). The Hall–Kier alpha value is -2.31. The molecule has 9 heteroatoms. The standard InChI is InChI=1S/C22H19ClN3O3PS/c1-24-21-11-6-16(23)14-20(21)22-19-5-3-2-4-15(19)12-13-25(22)30(24,29)31-18-9-7-17(8-10-18)26(27)28/h2-11,14,22H,12-13H2,1H3. The molecule has 2 unspecified atom stereocenters. The van der Waals surface area contributed by atoms with Gasteiger partial charge in [0, 0.05) is 41.3 Å². The average Bonchev–Trinajstić information content (AvgIpc) is 2.77. The van der Waals surface area contributed by atoms with E-state index in [-0.39, 0.29) is 11.7 Å². The van der Waals surface area contributed by atoms with E-state index in [1.165, 1.54) is 29.1 Å². The number of nitro groups is 1. The molecule has 2 aliphatic rings. The highest BCUT2D eigenvalue weighted by Gasteiger charge is 2.49. The fourth-order valence-electron chi connectivity index (χ4n) is 4.38. The summed E-state index contributed by atoms with van der Waals surface area (Å²) in [5.41, 5.74) is 4.35. The zero-order chi connectivity index (χ0) is 21.8. The molecule has 0 radical (unpaired) electrons. The Morgan fingerprint density at radius 3 is 2.58 bits per heavy atom. The van der Waals surface area contributed by atoms with Crippen LogP contribution in [-0.2, 0) is 11.0 Å². The van der Waals surface area contributed by atoms with Crippen LogP contribution >= 0.6 is 29.6 Å². The van der Waals surface area contributed by atoms with Crippen LogP contribution in [0.25, 0.3) is 0 Å². The van der Waals surface area contributed by atoms with E-state index in [4.69, 9.17) is 11.6 Å². The van der Waals surface area contributed by atoms with Crippen molar-refractivity contribution in [2.45, 2.75) is 17.4 Å². The van der Waals surface area contributed by atoms with Gasteiger partial charge in [0.15, 0.2) is 0 Å². The van der Waals surface area contributed by atoms with E-state index < -0.39 is 11.6 Å². The lowest BCUT2D eigenvalue weighted by Gasteiger charge is -2.49. The maximum atomic E-state index is 14.6. The molecule has 158 valence electrons. The highest BCUT2D eigenvalue weighted by Crippen LogP contribution is 2.73. The Bertz CT molecular complexity index is 1240. The largest absolute Gasteiger partial charge is 0.305 e. The van der Waals surface area contributed by atoms with Crippen molar-refractivity contribution >= 4 is 41.0 Å². The third-order valence-electron chi connectivity index (χ3n) is 5.87. The summed E-state index contributed by atoms with van der Waals surface area (Å²) in [4.78, 5) is 11.3. The third kappa shape index (κ3) is 3.37. The number of hydrogen-bond acceptors (Lipinski definition) is 4. The number of rotatable bonds is 3. The fraction of sp³-hybridized carbons (Fsp3) is 0.182. The Balaban J connectivity index is 1.64. The minimum absolute atomic E-state index is 0.0180. The number of nitro benzene ring substituents is 1. The smallest absolute Gasteiger partial charge is 0.300 e. The lowest BCUT2D eigenvalue weighted by atomic mass is 9.89. The molecule has 6 nitrogen and oxygen atoms in total. The molecule has 3 aromatic carbocycles. The number of benzene rings is 3. The van der Waals surface area contributed by atoms with Gasteiger partial charge < -0.3 is 4.67 Å². The highest BCUT2D eigenvalue weighted by atomic mass is 35.5. The van der Waals surface area contributed by atoms with Gasteiger partial charge >= 0.3 is 6.65 Å². The first kappa shape index (κ1) is 20.6. The molecule has 0 spiro atoms. The van der Waals surface area contributed by atoms with Crippen LogP contribution in [0.5, 0.6) is 0 Å². The first-order valence-electron chi connectivity index (χ1n) is 9.81. The van der Waals surface area contributed by atoms with E-state index in [0.717, 1.165) is 28.1 Å². The first-order valence-corrected chi connectivity index (χ1v) is 13.2. The Morgan fingerprint density at radius 2 is 1.84 bits per heavy atom. The quantitative estimate of drug-likeness (QED) is 0.245. The van der Waals surface area contributed by atoms with Crippen LogP contribution in [0.1, 0.15) is 22.7 Å². The molecular formula is C22H19ClN3O3PS. The number of fused-ring (bicyclic) bond motifs is 5. The zero-order valence-electron chi connectivity index (χ0n) is 16.6. The van der Waals surface area contributed by atoms with E-state index in [1.54, 1.807) is 12.1 Å². The molecule has 0 saturated carbocycles. The van der Waals surface area contributed by atoms with E-state index >= 15 is 0 Å². The molecule has 0 aromatic heterocycles. The molecular weight excluding hydrogens is 453 g/mol. The predicted octanol–water partition coefficient (Wildman–Crippen LogP) is 6.55. The summed E-state index contributed by atoms with van der Waals surface area (Å²) >= 11 is 7.63. The predicted molar refractivity (Wildman–Crippen MR) is 125 cm³/mol. The Morgan fingerprint density at radius 1 is 1.10 bits per heavy atom. The van der Waals surface area contributed by atoms with E-state index in [0.29, 0.717) is 11.6 Å². The van der Waals surface area contributed by atoms with Gasteiger partial charge in [-0.05, 0) is 64.8 Å². The molecule has 2 aliphatic heterocycles. The number of anilines is 1. The molecule has 3 aromatic rings. The second-order valence-electron chi connectivity index (χ2n) is 7.57. The average molecular weight is 472 g/mol. The van der Waals surface area contributed by atoms with Crippen LogP contribution in [0.4, 0.5) is 11.4 Å². The van der Waals surface area contributed by atoms with Crippen molar-refractivity contribution < 1.29 is 9.49 Å². The van der Waals surface area contributed by atoms with Crippen LogP contribution < -0.4 is 4.67 Å². The first-order chi connectivity index (χ1) is 14.9. The third-order valence-corrected chi connectivity index (χ3v) is 11.6. The maximum absolute atomic E-state index is 14.6. The number of nitrogens with zero attached hydrogens (tertiary/aromatic N) is 3. The summed E-state index contributed by atoms with van der Waals surface area (Å²) in [5.74, 6) is 0. The molecule has 31 heavy (non-hydrogen) atoms. The summed E-state index contributed by atoms with van der Waals surface area (Å²) < 4.78 is 18.6. The zero-order valence-corrected chi connectivity index (χ0v) is 19.1. The van der Waals surface area contributed by atoms with E-state index in [1.807, 2.05) is 42.0 Å². The molecule has 0 fully saturated rings. The van der Waals surface area contributed by atoms with Gasteiger partial charge in [0.2, 0.25) is 0 Å². The van der Waals surface area contributed by atoms with Gasteiger partial charge in [0.1, 0.15) is 0 Å². The van der Waals surface area contributed by atoms with Gasteiger partial charge in [-0.25, -0.2) is 4.67 Å². The van der Waals surface area contributed by atoms with Crippen molar-refractivity contribution in [3.8, 4) is 0 Å². The number of hydrogen-bond donors (Lipinski definition) is 0. The highest BCUT2D eigenvalue weighted by molar-refractivity contribution is 8.57. The summed E-state index contributed by atoms with van der Waals surface area (Å²) in [6, 6.07) is 20.1. The van der Waals surface area contributed by atoms with Crippen molar-refractivity contribution in [3.63, 3.8) is 0 Å². The lowest BCUT2D eigenvalue weighted by molar-refractivity contribution is -0.384. The van der Waals surface area contributed by atoms with Crippen molar-refractivity contribution in [1.82, 2.24) is 4.67 Å². The monoisotopic (exact) mass is 471 g/mol. The molecule has 2 atom stereocenters. The Kier molecular flexibility index (Phi) is 5.10. The maximum Gasteiger partial charge on any atom is 0.300 e. The van der Waals surface area contributed by atoms with Gasteiger partial charge in [0.25, 0.3) is 5.69 Å². The fourth-order valence-corrected chi connectivity index (χ4v) is 9.68. The SMILES string of the molecule is CN1c2ccc(Cl)cc2C2c3ccccc3CCN2P1(=O)Sc1ccc([N+](=O)[O-])cc1. The van der Waals surface area contributed by atoms with Gasteiger partial charge in [-0.3, -0.25) is 14.7 Å². The van der Waals surface area contributed by atoms with Crippen LogP contribution in [0.15, 0.2) is 71.6 Å². The van der Waals surface area contributed by atoms with Crippen LogP contribution in [0.3, 0.4) is 0 Å². The molecule has 0 aliphatic carbocycles. The summed E-state index contributed by atoms with van der Waals surface area (Å²) in [7, 11) is 1.85. The molecule has 2 heterocycles. The summed E-state index contributed by atoms with van der Waals surface area (Å²) in [5, 5.41) is 11.7. The molecule has 0 saturated heterocycles. The molecule has 0 bridgehead atoms.